The zero-order valence-corrected chi connectivity index (χ0v) is 11.3. The first-order valence-corrected chi connectivity index (χ1v) is 6.74. The van der Waals surface area contributed by atoms with E-state index < -0.39 is 5.51 Å². The smallest absolute Gasteiger partial charge is 0.333 e. The van der Waals surface area contributed by atoms with Gasteiger partial charge in [0.2, 0.25) is 0 Å². The van der Waals surface area contributed by atoms with Gasteiger partial charge in [0.15, 0.2) is 0 Å². The minimum atomic E-state index is -4.17. The Hall–Kier alpha value is -0.690. The lowest BCUT2D eigenvalue weighted by atomic mass is 9.93. The van der Waals surface area contributed by atoms with Crippen LogP contribution in [0.4, 0.5) is 13.2 Å². The Balaban J connectivity index is 2.65. The van der Waals surface area contributed by atoms with Gasteiger partial charge in [0.05, 0.1) is 6.33 Å². The average Bonchev–Trinajstić information content (AvgIpc) is 2.65. The summed E-state index contributed by atoms with van der Waals surface area (Å²) in [7, 11) is 0. The van der Waals surface area contributed by atoms with E-state index in [0.717, 1.165) is 5.69 Å². The van der Waals surface area contributed by atoms with Crippen LogP contribution in [0.2, 0.25) is 0 Å². The highest BCUT2D eigenvalue weighted by atomic mass is 32.2. The molecule has 0 aliphatic heterocycles. The van der Waals surface area contributed by atoms with Crippen molar-refractivity contribution in [2.24, 2.45) is 11.7 Å². The van der Waals surface area contributed by atoms with Gasteiger partial charge in [0, 0.05) is 36.7 Å². The second kappa shape index (κ2) is 6.47. The summed E-state index contributed by atoms with van der Waals surface area (Å²) in [6.07, 6.45) is 3.26. The quantitative estimate of drug-likeness (QED) is 0.872. The summed E-state index contributed by atoms with van der Waals surface area (Å²) in [5, 5.41) is 0. The fourth-order valence-electron chi connectivity index (χ4n) is 1.82. The molecular weight excluding hydrogens is 263 g/mol. The second-order valence-electron chi connectivity index (χ2n) is 4.39. The molecule has 1 aromatic heterocycles. The van der Waals surface area contributed by atoms with Gasteiger partial charge in [-0.1, -0.05) is 13.8 Å². The Kier molecular flexibility index (Phi) is 5.52. The normalized spacial score (nSPS) is 14.2. The van der Waals surface area contributed by atoms with Crippen LogP contribution in [0.1, 0.15) is 25.5 Å². The van der Waals surface area contributed by atoms with Crippen molar-refractivity contribution in [2.45, 2.75) is 31.8 Å². The Morgan fingerprint density at radius 1 is 1.44 bits per heavy atom. The monoisotopic (exact) mass is 281 g/mol. The first kappa shape index (κ1) is 15.4. The number of halogens is 3. The van der Waals surface area contributed by atoms with Crippen molar-refractivity contribution in [1.29, 1.82) is 0 Å². The zero-order valence-electron chi connectivity index (χ0n) is 10.4. The number of nitrogens with zero attached hydrogens (tertiary/aromatic N) is 2. The molecule has 0 saturated carbocycles. The topological polar surface area (TPSA) is 43.8 Å². The maximum Gasteiger partial charge on any atom is 0.441 e. The van der Waals surface area contributed by atoms with Crippen LogP contribution in [0.3, 0.4) is 0 Å². The highest BCUT2D eigenvalue weighted by molar-refractivity contribution is 8.00. The highest BCUT2D eigenvalue weighted by Gasteiger charge is 2.27. The van der Waals surface area contributed by atoms with E-state index in [1.54, 1.807) is 17.1 Å². The van der Waals surface area contributed by atoms with Gasteiger partial charge in [-0.05, 0) is 17.7 Å². The van der Waals surface area contributed by atoms with Crippen LogP contribution < -0.4 is 5.73 Å². The van der Waals surface area contributed by atoms with Crippen LogP contribution in [0, 0.1) is 5.92 Å². The van der Waals surface area contributed by atoms with E-state index in [1.165, 1.54) is 0 Å². The molecule has 1 rings (SSSR count). The summed E-state index contributed by atoms with van der Waals surface area (Å²) in [5.74, 6) is 0.450. The molecule has 0 bridgehead atoms. The number of aromatic nitrogens is 2. The molecule has 1 unspecified atom stereocenters. The summed E-state index contributed by atoms with van der Waals surface area (Å²) in [6.45, 7) is 4.84. The number of hydrogen-bond donors (Lipinski definition) is 1. The van der Waals surface area contributed by atoms with Crippen molar-refractivity contribution in [2.75, 3.05) is 12.3 Å². The van der Waals surface area contributed by atoms with Crippen molar-refractivity contribution in [3.8, 4) is 0 Å². The molecule has 3 nitrogen and oxygen atoms in total. The number of aryl methyl sites for hydroxylation is 1. The molecule has 0 radical (unpaired) electrons. The Morgan fingerprint density at radius 2 is 2.11 bits per heavy atom. The van der Waals surface area contributed by atoms with Crippen LogP contribution in [0.15, 0.2) is 12.5 Å². The number of rotatable bonds is 6. The minimum Gasteiger partial charge on any atom is -0.333 e. The molecule has 18 heavy (non-hydrogen) atoms. The molecule has 1 aromatic rings. The molecule has 0 amide bonds. The van der Waals surface area contributed by atoms with Crippen molar-refractivity contribution in [3.05, 3.63) is 18.2 Å². The Morgan fingerprint density at radius 3 is 2.61 bits per heavy atom. The van der Waals surface area contributed by atoms with Crippen molar-refractivity contribution in [3.63, 3.8) is 0 Å². The SMILES string of the molecule is CC(C)C(CN)c1cncn1CCSC(F)(F)F. The lowest BCUT2D eigenvalue weighted by Gasteiger charge is -2.20. The predicted octanol–water partition coefficient (Wildman–Crippen LogP) is 2.83. The van der Waals surface area contributed by atoms with E-state index >= 15 is 0 Å². The van der Waals surface area contributed by atoms with Gasteiger partial charge in [-0.15, -0.1) is 0 Å². The number of hydrogen-bond acceptors (Lipinski definition) is 3. The summed E-state index contributed by atoms with van der Waals surface area (Å²) in [6, 6.07) is 0. The molecular formula is C11H18F3N3S. The summed E-state index contributed by atoms with van der Waals surface area (Å²) in [4.78, 5) is 4.01. The third-order valence-electron chi connectivity index (χ3n) is 2.78. The Bertz CT molecular complexity index is 363. The Labute approximate surface area is 109 Å². The molecule has 0 spiro atoms. The standard InChI is InChI=1S/C11H18F3N3S/c1-8(2)9(5-15)10-6-16-7-17(10)3-4-18-11(12,13)14/h6-9H,3-5,15H2,1-2H3. The number of imidazole rings is 1. The van der Waals surface area contributed by atoms with Gasteiger partial charge in [-0.25, -0.2) is 4.98 Å². The van der Waals surface area contributed by atoms with Crippen LogP contribution in [0.25, 0.3) is 0 Å². The van der Waals surface area contributed by atoms with Gasteiger partial charge >= 0.3 is 5.51 Å². The van der Waals surface area contributed by atoms with Gasteiger partial charge in [-0.2, -0.15) is 13.2 Å². The fourth-order valence-corrected chi connectivity index (χ4v) is 2.34. The number of nitrogens with two attached hydrogens (primary N) is 1. The summed E-state index contributed by atoms with van der Waals surface area (Å²) >= 11 is -0.0116. The van der Waals surface area contributed by atoms with E-state index in [9.17, 15) is 13.2 Å². The molecule has 0 aliphatic rings. The average molecular weight is 281 g/mol. The molecule has 0 aromatic carbocycles. The third kappa shape index (κ3) is 4.53. The fraction of sp³-hybridized carbons (Fsp3) is 0.727. The van der Waals surface area contributed by atoms with Gasteiger partial charge in [0.1, 0.15) is 0 Å². The van der Waals surface area contributed by atoms with E-state index in [1.807, 2.05) is 13.8 Å². The molecule has 0 saturated heterocycles. The maximum atomic E-state index is 12.1. The van der Waals surface area contributed by atoms with Crippen molar-refractivity contribution < 1.29 is 13.2 Å². The van der Waals surface area contributed by atoms with Gasteiger partial charge in [0.25, 0.3) is 0 Å². The van der Waals surface area contributed by atoms with Crippen molar-refractivity contribution >= 4 is 11.8 Å². The third-order valence-corrected chi connectivity index (χ3v) is 3.50. The molecule has 1 atom stereocenters. The lowest BCUT2D eigenvalue weighted by Crippen LogP contribution is -2.21. The molecule has 7 heteroatoms. The summed E-state index contributed by atoms with van der Waals surface area (Å²) in [5.41, 5.74) is 2.44. The van der Waals surface area contributed by atoms with E-state index in [4.69, 9.17) is 5.73 Å². The molecule has 0 fully saturated rings. The number of thioether (sulfide) groups is 1. The van der Waals surface area contributed by atoms with Gasteiger partial charge in [-0.3, -0.25) is 0 Å². The second-order valence-corrected chi connectivity index (χ2v) is 5.55. The van der Waals surface area contributed by atoms with Crippen LogP contribution >= 0.6 is 11.8 Å². The first-order valence-electron chi connectivity index (χ1n) is 5.76. The molecule has 2 N–H and O–H groups in total. The maximum absolute atomic E-state index is 12.1. The lowest BCUT2D eigenvalue weighted by molar-refractivity contribution is -0.0328. The van der Waals surface area contributed by atoms with E-state index in [-0.39, 0.29) is 23.4 Å². The minimum absolute atomic E-state index is 0.0116. The largest absolute Gasteiger partial charge is 0.441 e. The summed E-state index contributed by atoms with van der Waals surface area (Å²) < 4.78 is 37.9. The first-order chi connectivity index (χ1) is 8.35. The predicted molar refractivity (Wildman–Crippen MR) is 67.4 cm³/mol. The van der Waals surface area contributed by atoms with Crippen molar-refractivity contribution in [1.82, 2.24) is 9.55 Å². The van der Waals surface area contributed by atoms with Crippen LogP contribution in [-0.2, 0) is 6.54 Å². The molecule has 0 aliphatic carbocycles. The zero-order chi connectivity index (χ0) is 13.8. The molecule has 1 heterocycles. The van der Waals surface area contributed by atoms with Crippen LogP contribution in [0.5, 0.6) is 0 Å². The highest BCUT2D eigenvalue weighted by Crippen LogP contribution is 2.30. The van der Waals surface area contributed by atoms with Gasteiger partial charge < -0.3 is 10.3 Å². The van der Waals surface area contributed by atoms with E-state index in [0.29, 0.717) is 19.0 Å². The van der Waals surface area contributed by atoms with Crippen LogP contribution in [-0.4, -0.2) is 27.4 Å². The number of alkyl halides is 3. The molecule has 104 valence electrons. The van der Waals surface area contributed by atoms with E-state index in [2.05, 4.69) is 4.98 Å².